The molecule has 5 nitrogen and oxygen atoms in total. The number of hydrogen-bond acceptors (Lipinski definition) is 4. The number of benzene rings is 1. The average Bonchev–Trinajstić information content (AvgIpc) is 3.02. The molecule has 4 rings (SSSR count). The fourth-order valence-corrected chi connectivity index (χ4v) is 5.36. The molecule has 0 radical (unpaired) electrons. The van der Waals surface area contributed by atoms with Gasteiger partial charge >= 0.3 is 6.18 Å². The zero-order chi connectivity index (χ0) is 21.5. The van der Waals surface area contributed by atoms with Gasteiger partial charge in [-0.15, -0.1) is 0 Å². The summed E-state index contributed by atoms with van der Waals surface area (Å²) in [6.45, 7) is 0.715. The third-order valence-corrected chi connectivity index (χ3v) is 7.12. The molecule has 1 aliphatic rings. The second-order valence-corrected chi connectivity index (χ2v) is 10.0. The molecule has 2 aromatic heterocycles. The first-order valence-corrected chi connectivity index (χ1v) is 11.5. The van der Waals surface area contributed by atoms with E-state index in [0.29, 0.717) is 40.7 Å². The molecule has 1 fully saturated rings. The highest BCUT2D eigenvalue weighted by Gasteiger charge is 2.31. The lowest BCUT2D eigenvalue weighted by Crippen LogP contribution is -2.32. The van der Waals surface area contributed by atoms with Gasteiger partial charge in [0.05, 0.1) is 22.7 Å². The van der Waals surface area contributed by atoms with E-state index < -0.39 is 22.6 Å². The van der Waals surface area contributed by atoms with Crippen molar-refractivity contribution in [3.8, 4) is 11.3 Å². The van der Waals surface area contributed by atoms with E-state index in [0.717, 1.165) is 5.69 Å². The topological polar surface area (TPSA) is 64.0 Å². The van der Waals surface area contributed by atoms with Crippen molar-refractivity contribution in [1.82, 2.24) is 9.55 Å². The molecule has 1 aliphatic heterocycles. The average molecular weight is 437 g/mol. The molecule has 3 heterocycles. The van der Waals surface area contributed by atoms with E-state index in [1.54, 1.807) is 36.5 Å². The van der Waals surface area contributed by atoms with Crippen molar-refractivity contribution in [2.24, 2.45) is 0 Å². The second-order valence-electron chi connectivity index (χ2n) is 7.73. The van der Waals surface area contributed by atoms with Crippen LogP contribution in [0.4, 0.5) is 18.9 Å². The molecule has 3 aromatic rings. The summed E-state index contributed by atoms with van der Waals surface area (Å²) in [4.78, 5) is 4.23. The summed E-state index contributed by atoms with van der Waals surface area (Å²) in [5.41, 5.74) is 3.01. The van der Waals surface area contributed by atoms with Crippen LogP contribution >= 0.6 is 0 Å². The highest BCUT2D eigenvalue weighted by Crippen LogP contribution is 2.35. The number of aryl methyl sites for hydroxylation is 1. The van der Waals surface area contributed by atoms with Crippen molar-refractivity contribution in [1.29, 1.82) is 0 Å². The van der Waals surface area contributed by atoms with E-state index in [2.05, 4.69) is 10.3 Å². The number of aromatic nitrogens is 2. The third-order valence-electron chi connectivity index (χ3n) is 5.40. The fraction of sp³-hybridized carbons (Fsp3) is 0.381. The van der Waals surface area contributed by atoms with Crippen LogP contribution in [-0.4, -0.2) is 41.7 Å². The second kappa shape index (κ2) is 7.61. The smallest absolute Gasteiger partial charge is 0.382 e. The Hall–Kier alpha value is -2.55. The number of pyridine rings is 1. The maximum Gasteiger partial charge on any atom is 0.406 e. The zero-order valence-corrected chi connectivity index (χ0v) is 17.2. The SMILES string of the molecule is Cc1ccc(-c2cc3c(NC4CCS(=O)(=O)CC4)cccc3n2CC(F)(F)F)cn1. The van der Waals surface area contributed by atoms with Crippen molar-refractivity contribution in [3.63, 3.8) is 0 Å². The molecule has 0 spiro atoms. The molecular weight excluding hydrogens is 415 g/mol. The molecule has 0 aliphatic carbocycles. The van der Waals surface area contributed by atoms with E-state index >= 15 is 0 Å². The molecule has 1 N–H and O–H groups in total. The van der Waals surface area contributed by atoms with Gasteiger partial charge in [-0.25, -0.2) is 8.42 Å². The van der Waals surface area contributed by atoms with Gasteiger partial charge in [0.15, 0.2) is 0 Å². The van der Waals surface area contributed by atoms with Crippen LogP contribution in [-0.2, 0) is 16.4 Å². The number of rotatable bonds is 4. The van der Waals surface area contributed by atoms with E-state index in [4.69, 9.17) is 0 Å². The molecular formula is C21H22F3N3O2S. The summed E-state index contributed by atoms with van der Waals surface area (Å²) < 4.78 is 64.7. The van der Waals surface area contributed by atoms with Gasteiger partial charge in [0.1, 0.15) is 16.4 Å². The summed E-state index contributed by atoms with van der Waals surface area (Å²) in [5.74, 6) is 0.242. The molecule has 9 heteroatoms. The van der Waals surface area contributed by atoms with Crippen LogP contribution in [0.5, 0.6) is 0 Å². The van der Waals surface area contributed by atoms with Gasteiger partial charge in [0.2, 0.25) is 0 Å². The Kier molecular flexibility index (Phi) is 5.25. The first-order valence-electron chi connectivity index (χ1n) is 9.70. The zero-order valence-electron chi connectivity index (χ0n) is 16.4. The molecule has 160 valence electrons. The third kappa shape index (κ3) is 4.45. The lowest BCUT2D eigenvalue weighted by atomic mass is 10.1. The number of alkyl halides is 3. The highest BCUT2D eigenvalue weighted by atomic mass is 32.2. The van der Waals surface area contributed by atoms with Crippen molar-refractivity contribution < 1.29 is 21.6 Å². The quantitative estimate of drug-likeness (QED) is 0.650. The van der Waals surface area contributed by atoms with E-state index in [1.165, 1.54) is 4.57 Å². The normalized spacial score (nSPS) is 17.3. The van der Waals surface area contributed by atoms with Crippen LogP contribution < -0.4 is 5.32 Å². The van der Waals surface area contributed by atoms with E-state index in [-0.39, 0.29) is 17.5 Å². The molecule has 1 aromatic carbocycles. The number of hydrogen-bond donors (Lipinski definition) is 1. The molecule has 0 saturated carbocycles. The Labute approximate surface area is 172 Å². The number of fused-ring (bicyclic) bond motifs is 1. The minimum Gasteiger partial charge on any atom is -0.382 e. The predicted molar refractivity (Wildman–Crippen MR) is 111 cm³/mol. The van der Waals surface area contributed by atoms with Crippen LogP contribution in [0.25, 0.3) is 22.2 Å². The lowest BCUT2D eigenvalue weighted by Gasteiger charge is -2.24. The number of nitrogens with one attached hydrogen (secondary N) is 1. The fourth-order valence-electron chi connectivity index (χ4n) is 3.87. The van der Waals surface area contributed by atoms with Gasteiger partial charge in [0, 0.05) is 34.6 Å². The van der Waals surface area contributed by atoms with E-state index in [1.807, 2.05) is 13.0 Å². The summed E-state index contributed by atoms with van der Waals surface area (Å²) in [7, 11) is -2.99. The molecule has 0 unspecified atom stereocenters. The number of anilines is 1. The van der Waals surface area contributed by atoms with Crippen molar-refractivity contribution in [2.75, 3.05) is 16.8 Å². The Morgan fingerprint density at radius 3 is 2.53 bits per heavy atom. The van der Waals surface area contributed by atoms with Gasteiger partial charge < -0.3 is 9.88 Å². The molecule has 30 heavy (non-hydrogen) atoms. The molecule has 0 atom stereocenters. The van der Waals surface area contributed by atoms with Crippen LogP contribution in [0.2, 0.25) is 0 Å². The number of nitrogens with zero attached hydrogens (tertiary/aromatic N) is 2. The summed E-state index contributed by atoms with van der Waals surface area (Å²) in [6.07, 6.45) is -1.83. The van der Waals surface area contributed by atoms with Crippen LogP contribution in [0.1, 0.15) is 18.5 Å². The maximum atomic E-state index is 13.3. The Bertz CT molecular complexity index is 1150. The van der Waals surface area contributed by atoms with E-state index in [9.17, 15) is 21.6 Å². The minimum absolute atomic E-state index is 0.0328. The largest absolute Gasteiger partial charge is 0.406 e. The first kappa shape index (κ1) is 20.7. The van der Waals surface area contributed by atoms with Gasteiger partial charge in [-0.3, -0.25) is 4.98 Å². The van der Waals surface area contributed by atoms with Crippen LogP contribution in [0, 0.1) is 6.92 Å². The van der Waals surface area contributed by atoms with Gasteiger partial charge in [-0.2, -0.15) is 13.2 Å². The Morgan fingerprint density at radius 1 is 1.17 bits per heavy atom. The Balaban J connectivity index is 1.77. The maximum absolute atomic E-state index is 13.3. The molecule has 0 amide bonds. The summed E-state index contributed by atoms with van der Waals surface area (Å²) in [5, 5.41) is 4.02. The molecule has 0 bridgehead atoms. The Morgan fingerprint density at radius 2 is 1.90 bits per heavy atom. The lowest BCUT2D eigenvalue weighted by molar-refractivity contribution is -0.139. The standard InChI is InChI=1S/C21H22F3N3O2S/c1-14-5-6-15(12-25-14)20-11-17-18(26-16-7-9-30(28,29)10-8-16)3-2-4-19(17)27(20)13-21(22,23)24/h2-6,11-12,16,26H,7-10,13H2,1H3. The molecule has 1 saturated heterocycles. The van der Waals surface area contributed by atoms with Gasteiger partial charge in [-0.05, 0) is 50.1 Å². The van der Waals surface area contributed by atoms with Gasteiger partial charge in [-0.1, -0.05) is 6.07 Å². The highest BCUT2D eigenvalue weighted by molar-refractivity contribution is 7.91. The summed E-state index contributed by atoms with van der Waals surface area (Å²) >= 11 is 0. The number of halogens is 3. The van der Waals surface area contributed by atoms with Crippen LogP contribution in [0.3, 0.4) is 0 Å². The monoisotopic (exact) mass is 437 g/mol. The van der Waals surface area contributed by atoms with Crippen LogP contribution in [0.15, 0.2) is 42.6 Å². The summed E-state index contributed by atoms with van der Waals surface area (Å²) in [6, 6.07) is 10.5. The predicted octanol–water partition coefficient (Wildman–Crippen LogP) is 4.56. The van der Waals surface area contributed by atoms with Crippen molar-refractivity contribution in [3.05, 3.63) is 48.3 Å². The van der Waals surface area contributed by atoms with Crippen molar-refractivity contribution in [2.45, 2.75) is 38.5 Å². The number of sulfone groups is 1. The minimum atomic E-state index is -4.38. The van der Waals surface area contributed by atoms with Crippen molar-refractivity contribution >= 4 is 26.4 Å². The first-order chi connectivity index (χ1) is 14.1. The van der Waals surface area contributed by atoms with Gasteiger partial charge in [0.25, 0.3) is 0 Å².